The van der Waals surface area contributed by atoms with Gasteiger partial charge >= 0.3 is 0 Å². The van der Waals surface area contributed by atoms with Crippen molar-refractivity contribution in [2.24, 2.45) is 0 Å². The lowest BCUT2D eigenvalue weighted by atomic mass is 10.3. The van der Waals surface area contributed by atoms with Crippen LogP contribution in [0.1, 0.15) is 5.56 Å². The van der Waals surface area contributed by atoms with E-state index in [-0.39, 0.29) is 0 Å². The van der Waals surface area contributed by atoms with E-state index in [0.29, 0.717) is 0 Å². The lowest BCUT2D eigenvalue weighted by Gasteiger charge is -1.89. The van der Waals surface area contributed by atoms with Gasteiger partial charge in [0.05, 0.1) is 4.88 Å². The number of hydrogen-bond acceptors (Lipinski definition) is 3. The van der Waals surface area contributed by atoms with Crippen LogP contribution in [0.25, 0.3) is 9.88 Å². The molecule has 1 radical (unpaired) electrons. The standard InChI is InChI=1S/C8H6NS2/c1-6-2-4-10-7(6)8-9-3-5-11-8/h2,4-5H,1H3. The molecule has 2 aromatic heterocycles. The molecule has 0 aliphatic rings. The topological polar surface area (TPSA) is 12.9 Å². The van der Waals surface area contributed by atoms with Crippen molar-refractivity contribution in [2.75, 3.05) is 0 Å². The Morgan fingerprint density at radius 3 is 2.91 bits per heavy atom. The van der Waals surface area contributed by atoms with Crippen molar-refractivity contribution in [3.05, 3.63) is 28.6 Å². The predicted molar refractivity (Wildman–Crippen MR) is 49.0 cm³/mol. The number of thiazole rings is 1. The minimum atomic E-state index is 1.08. The van der Waals surface area contributed by atoms with Crippen LogP contribution < -0.4 is 0 Å². The van der Waals surface area contributed by atoms with Crippen molar-refractivity contribution >= 4 is 22.7 Å². The summed E-state index contributed by atoms with van der Waals surface area (Å²) in [7, 11) is 0. The zero-order valence-corrected chi connectivity index (χ0v) is 7.63. The molecular formula is C8H6NS2. The van der Waals surface area contributed by atoms with Gasteiger partial charge in [-0.05, 0) is 23.9 Å². The summed E-state index contributed by atoms with van der Waals surface area (Å²) in [4.78, 5) is 5.40. The summed E-state index contributed by atoms with van der Waals surface area (Å²) < 4.78 is 0. The third kappa shape index (κ3) is 1.21. The molecule has 0 atom stereocenters. The number of nitrogens with zero attached hydrogens (tertiary/aromatic N) is 1. The van der Waals surface area contributed by atoms with Gasteiger partial charge in [-0.2, -0.15) is 0 Å². The molecule has 0 bridgehead atoms. The Labute approximate surface area is 73.4 Å². The molecule has 2 rings (SSSR count). The molecule has 55 valence electrons. The molecule has 2 heterocycles. The first-order valence-corrected chi connectivity index (χ1v) is 5.00. The fourth-order valence-corrected chi connectivity index (χ4v) is 2.58. The maximum atomic E-state index is 4.12. The molecule has 0 aliphatic carbocycles. The van der Waals surface area contributed by atoms with Crippen molar-refractivity contribution in [3.63, 3.8) is 0 Å². The smallest absolute Gasteiger partial charge is 0.134 e. The molecular weight excluding hydrogens is 174 g/mol. The SMILES string of the molecule is Cc1ccsc1-c1n[c]cs1. The summed E-state index contributed by atoms with van der Waals surface area (Å²) in [6.07, 6.45) is 2.82. The van der Waals surface area contributed by atoms with Crippen LogP contribution >= 0.6 is 22.7 Å². The van der Waals surface area contributed by atoms with Gasteiger partial charge in [0, 0.05) is 5.38 Å². The summed E-state index contributed by atoms with van der Waals surface area (Å²) >= 11 is 3.37. The molecule has 0 amide bonds. The highest BCUT2D eigenvalue weighted by molar-refractivity contribution is 7.20. The average molecular weight is 180 g/mol. The first-order chi connectivity index (χ1) is 5.38. The van der Waals surface area contributed by atoms with E-state index < -0.39 is 0 Å². The Kier molecular flexibility index (Phi) is 1.75. The summed E-state index contributed by atoms with van der Waals surface area (Å²) in [5, 5.41) is 5.05. The molecule has 3 heteroatoms. The molecule has 1 nitrogen and oxygen atoms in total. The summed E-state index contributed by atoms with van der Waals surface area (Å²) in [6.45, 7) is 2.10. The molecule has 0 fully saturated rings. The lowest BCUT2D eigenvalue weighted by molar-refractivity contribution is 1.40. The van der Waals surface area contributed by atoms with Gasteiger partial charge in [0.15, 0.2) is 0 Å². The monoisotopic (exact) mass is 180 g/mol. The molecule has 0 N–H and O–H groups in total. The minimum absolute atomic E-state index is 1.08. The van der Waals surface area contributed by atoms with E-state index in [2.05, 4.69) is 29.6 Å². The highest BCUT2D eigenvalue weighted by Gasteiger charge is 2.04. The Balaban J connectivity index is 2.53. The highest BCUT2D eigenvalue weighted by Crippen LogP contribution is 2.29. The van der Waals surface area contributed by atoms with Crippen LogP contribution in [0.4, 0.5) is 0 Å². The van der Waals surface area contributed by atoms with Crippen LogP contribution in [0.5, 0.6) is 0 Å². The van der Waals surface area contributed by atoms with E-state index in [1.165, 1.54) is 10.4 Å². The number of rotatable bonds is 1. The Morgan fingerprint density at radius 1 is 1.45 bits per heavy atom. The van der Waals surface area contributed by atoms with Gasteiger partial charge < -0.3 is 0 Å². The Morgan fingerprint density at radius 2 is 2.36 bits per heavy atom. The third-order valence-electron chi connectivity index (χ3n) is 1.45. The van der Waals surface area contributed by atoms with Gasteiger partial charge in [-0.3, -0.25) is 0 Å². The average Bonchev–Trinajstić information content (AvgIpc) is 2.55. The van der Waals surface area contributed by atoms with E-state index >= 15 is 0 Å². The summed E-state index contributed by atoms with van der Waals surface area (Å²) in [5.74, 6) is 0. The van der Waals surface area contributed by atoms with Crippen molar-refractivity contribution in [3.8, 4) is 9.88 Å². The largest absolute Gasteiger partial charge is 0.234 e. The van der Waals surface area contributed by atoms with Crippen molar-refractivity contribution in [1.82, 2.24) is 4.98 Å². The van der Waals surface area contributed by atoms with Crippen LogP contribution in [0, 0.1) is 13.1 Å². The van der Waals surface area contributed by atoms with Gasteiger partial charge in [0.1, 0.15) is 11.2 Å². The van der Waals surface area contributed by atoms with Gasteiger partial charge in [-0.25, -0.2) is 4.98 Å². The third-order valence-corrected chi connectivity index (χ3v) is 3.34. The molecule has 0 aromatic carbocycles. The molecule has 0 spiro atoms. The quantitative estimate of drug-likeness (QED) is 0.657. The second kappa shape index (κ2) is 2.75. The van der Waals surface area contributed by atoms with E-state index in [1.54, 1.807) is 22.7 Å². The summed E-state index contributed by atoms with van der Waals surface area (Å²) in [5.41, 5.74) is 1.30. The van der Waals surface area contributed by atoms with Crippen LogP contribution in [-0.2, 0) is 0 Å². The fourth-order valence-electron chi connectivity index (χ4n) is 0.890. The van der Waals surface area contributed by atoms with E-state index in [0.717, 1.165) is 5.01 Å². The highest BCUT2D eigenvalue weighted by atomic mass is 32.1. The maximum absolute atomic E-state index is 4.12. The Hall–Kier alpha value is -0.670. The number of hydrogen-bond donors (Lipinski definition) is 0. The zero-order valence-electron chi connectivity index (χ0n) is 6.00. The van der Waals surface area contributed by atoms with Crippen molar-refractivity contribution in [2.45, 2.75) is 6.92 Å². The predicted octanol–water partition coefficient (Wildman–Crippen LogP) is 2.98. The second-order valence-electron chi connectivity index (χ2n) is 2.21. The van der Waals surface area contributed by atoms with Crippen molar-refractivity contribution < 1.29 is 0 Å². The van der Waals surface area contributed by atoms with Crippen LogP contribution in [-0.4, -0.2) is 4.98 Å². The van der Waals surface area contributed by atoms with Crippen LogP contribution in [0.15, 0.2) is 16.8 Å². The molecule has 0 unspecified atom stereocenters. The first kappa shape index (κ1) is 7.00. The van der Waals surface area contributed by atoms with Gasteiger partial charge in [-0.1, -0.05) is 0 Å². The molecule has 0 saturated heterocycles. The van der Waals surface area contributed by atoms with Gasteiger partial charge in [0.25, 0.3) is 0 Å². The second-order valence-corrected chi connectivity index (χ2v) is 3.99. The maximum Gasteiger partial charge on any atom is 0.134 e. The van der Waals surface area contributed by atoms with Crippen LogP contribution in [0.2, 0.25) is 0 Å². The first-order valence-electron chi connectivity index (χ1n) is 3.24. The van der Waals surface area contributed by atoms with E-state index in [4.69, 9.17) is 0 Å². The number of aromatic nitrogens is 1. The minimum Gasteiger partial charge on any atom is -0.234 e. The normalized spacial score (nSPS) is 10.3. The summed E-state index contributed by atoms with van der Waals surface area (Å²) in [6, 6.07) is 2.11. The van der Waals surface area contributed by atoms with Crippen molar-refractivity contribution in [1.29, 1.82) is 0 Å². The Bertz CT molecular complexity index is 335. The molecule has 0 aliphatic heterocycles. The number of aryl methyl sites for hydroxylation is 1. The lowest BCUT2D eigenvalue weighted by Crippen LogP contribution is -1.70. The fraction of sp³-hybridized carbons (Fsp3) is 0.125. The van der Waals surface area contributed by atoms with Gasteiger partial charge in [-0.15, -0.1) is 22.7 Å². The van der Waals surface area contributed by atoms with E-state index in [9.17, 15) is 0 Å². The zero-order chi connectivity index (χ0) is 7.68. The molecule has 0 saturated carbocycles. The molecule has 2 aromatic rings. The number of thiophene rings is 1. The van der Waals surface area contributed by atoms with E-state index in [1.807, 2.05) is 5.38 Å². The molecule has 11 heavy (non-hydrogen) atoms. The van der Waals surface area contributed by atoms with Crippen LogP contribution in [0.3, 0.4) is 0 Å². The van der Waals surface area contributed by atoms with Gasteiger partial charge in [0.2, 0.25) is 0 Å².